The zero-order valence-electron chi connectivity index (χ0n) is 11.2. The Morgan fingerprint density at radius 2 is 1.25 bits per heavy atom. The second-order valence-electron chi connectivity index (χ2n) is 6.34. The topological polar surface area (TPSA) is 23.8 Å². The van der Waals surface area contributed by atoms with Crippen molar-refractivity contribution >= 4 is 0 Å². The number of rotatable bonds is 0. The molecule has 0 N–H and O–H groups in total. The molecule has 16 heavy (non-hydrogen) atoms. The van der Waals surface area contributed by atoms with Crippen molar-refractivity contribution in [1.82, 2.24) is 0 Å². The highest BCUT2D eigenvalue weighted by Gasteiger charge is 2.24. The largest absolute Gasteiger partial charge is 0.192 e. The van der Waals surface area contributed by atoms with Gasteiger partial charge in [-0.05, 0) is 22.0 Å². The van der Waals surface area contributed by atoms with E-state index in [0.29, 0.717) is 0 Å². The van der Waals surface area contributed by atoms with Crippen LogP contribution in [0.2, 0.25) is 0 Å². The molecule has 0 saturated carbocycles. The fraction of sp³-hybridized carbons (Fsp3) is 0.533. The fourth-order valence-corrected chi connectivity index (χ4v) is 1.92. The zero-order chi connectivity index (χ0) is 12.6. The van der Waals surface area contributed by atoms with Crippen LogP contribution in [0.1, 0.15) is 58.2 Å². The summed E-state index contributed by atoms with van der Waals surface area (Å²) >= 11 is 0. The zero-order valence-corrected chi connectivity index (χ0v) is 11.2. The predicted molar refractivity (Wildman–Crippen MR) is 68.6 cm³/mol. The molecular weight excluding hydrogens is 194 g/mol. The lowest BCUT2D eigenvalue weighted by molar-refractivity contribution is 0.565. The van der Waals surface area contributed by atoms with Crippen LogP contribution in [-0.4, -0.2) is 0 Å². The first kappa shape index (κ1) is 12.8. The average molecular weight is 215 g/mol. The number of benzene rings is 1. The van der Waals surface area contributed by atoms with Crippen molar-refractivity contribution in [2.75, 3.05) is 0 Å². The summed E-state index contributed by atoms with van der Waals surface area (Å²) in [6.07, 6.45) is 0. The molecule has 0 radical (unpaired) electrons. The molecule has 0 heterocycles. The van der Waals surface area contributed by atoms with E-state index in [2.05, 4.69) is 65.8 Å². The van der Waals surface area contributed by atoms with Gasteiger partial charge in [-0.3, -0.25) is 0 Å². The molecule has 0 saturated heterocycles. The summed E-state index contributed by atoms with van der Waals surface area (Å²) < 4.78 is 0. The molecule has 0 amide bonds. The SMILES string of the molecule is CC(C)(C)c1cccc(C(C)(C)C)c1C#N. The average Bonchev–Trinajstić information content (AvgIpc) is 2.13. The number of hydrogen-bond donors (Lipinski definition) is 0. The Labute approximate surface area is 99.1 Å². The second-order valence-corrected chi connectivity index (χ2v) is 6.34. The Balaban J connectivity index is 3.53. The van der Waals surface area contributed by atoms with Crippen LogP contribution in [0.15, 0.2) is 18.2 Å². The van der Waals surface area contributed by atoms with E-state index in [9.17, 15) is 5.26 Å². The molecule has 1 aromatic rings. The summed E-state index contributed by atoms with van der Waals surface area (Å²) in [5.74, 6) is 0. The van der Waals surface area contributed by atoms with E-state index in [-0.39, 0.29) is 10.8 Å². The lowest BCUT2D eigenvalue weighted by Gasteiger charge is -2.26. The van der Waals surface area contributed by atoms with Crippen molar-refractivity contribution in [3.8, 4) is 6.07 Å². The summed E-state index contributed by atoms with van der Waals surface area (Å²) in [4.78, 5) is 0. The van der Waals surface area contributed by atoms with Gasteiger partial charge in [-0.1, -0.05) is 59.7 Å². The van der Waals surface area contributed by atoms with E-state index < -0.39 is 0 Å². The first-order chi connectivity index (χ1) is 7.18. The maximum atomic E-state index is 9.38. The fourth-order valence-electron chi connectivity index (χ4n) is 1.92. The van der Waals surface area contributed by atoms with E-state index in [1.165, 1.54) is 0 Å². The van der Waals surface area contributed by atoms with Gasteiger partial charge in [0.25, 0.3) is 0 Å². The minimum Gasteiger partial charge on any atom is -0.192 e. The summed E-state index contributed by atoms with van der Waals surface area (Å²) in [5.41, 5.74) is 3.17. The normalized spacial score (nSPS) is 12.3. The Morgan fingerprint density at radius 1 is 0.875 bits per heavy atom. The predicted octanol–water partition coefficient (Wildman–Crippen LogP) is 4.15. The van der Waals surface area contributed by atoms with Crippen LogP contribution in [0, 0.1) is 11.3 Å². The van der Waals surface area contributed by atoms with Gasteiger partial charge in [0.05, 0.1) is 11.6 Å². The van der Waals surface area contributed by atoms with E-state index >= 15 is 0 Å². The number of hydrogen-bond acceptors (Lipinski definition) is 1. The first-order valence-electron chi connectivity index (χ1n) is 5.72. The third-order valence-electron chi connectivity index (χ3n) is 2.79. The molecule has 1 aromatic carbocycles. The van der Waals surface area contributed by atoms with Gasteiger partial charge in [-0.15, -0.1) is 0 Å². The monoisotopic (exact) mass is 215 g/mol. The van der Waals surface area contributed by atoms with Crippen LogP contribution in [0.3, 0.4) is 0 Å². The van der Waals surface area contributed by atoms with Crippen LogP contribution >= 0.6 is 0 Å². The lowest BCUT2D eigenvalue weighted by Crippen LogP contribution is -2.19. The maximum Gasteiger partial charge on any atom is 0.0997 e. The molecule has 0 unspecified atom stereocenters. The Hall–Kier alpha value is -1.29. The van der Waals surface area contributed by atoms with Gasteiger partial charge in [-0.2, -0.15) is 5.26 Å². The molecule has 0 spiro atoms. The molecule has 1 heteroatoms. The van der Waals surface area contributed by atoms with Crippen molar-refractivity contribution in [3.05, 3.63) is 34.9 Å². The third kappa shape index (κ3) is 2.44. The highest BCUT2D eigenvalue weighted by Crippen LogP contribution is 2.33. The van der Waals surface area contributed by atoms with Gasteiger partial charge in [0.1, 0.15) is 0 Å². The Morgan fingerprint density at radius 3 is 1.50 bits per heavy atom. The molecule has 86 valence electrons. The maximum absolute atomic E-state index is 9.38. The van der Waals surface area contributed by atoms with Crippen LogP contribution in [0.5, 0.6) is 0 Å². The van der Waals surface area contributed by atoms with Gasteiger partial charge >= 0.3 is 0 Å². The summed E-state index contributed by atoms with van der Waals surface area (Å²) in [6.45, 7) is 12.9. The lowest BCUT2D eigenvalue weighted by atomic mass is 9.77. The Kier molecular flexibility index (Phi) is 3.15. The van der Waals surface area contributed by atoms with E-state index in [0.717, 1.165) is 16.7 Å². The molecule has 0 aliphatic rings. The smallest absolute Gasteiger partial charge is 0.0997 e. The molecule has 0 atom stereocenters. The van der Waals surface area contributed by atoms with Crippen LogP contribution in [0.25, 0.3) is 0 Å². The third-order valence-corrected chi connectivity index (χ3v) is 2.79. The van der Waals surface area contributed by atoms with Gasteiger partial charge in [0, 0.05) is 0 Å². The van der Waals surface area contributed by atoms with Gasteiger partial charge in [-0.25, -0.2) is 0 Å². The van der Waals surface area contributed by atoms with Crippen molar-refractivity contribution in [3.63, 3.8) is 0 Å². The number of nitrogens with zero attached hydrogens (tertiary/aromatic N) is 1. The van der Waals surface area contributed by atoms with Crippen molar-refractivity contribution in [1.29, 1.82) is 5.26 Å². The highest BCUT2D eigenvalue weighted by atomic mass is 14.3. The second kappa shape index (κ2) is 3.94. The molecular formula is C15H21N. The van der Waals surface area contributed by atoms with Crippen LogP contribution < -0.4 is 0 Å². The minimum atomic E-state index is 0.0202. The quantitative estimate of drug-likeness (QED) is 0.637. The van der Waals surface area contributed by atoms with Crippen molar-refractivity contribution < 1.29 is 0 Å². The minimum absolute atomic E-state index is 0.0202. The van der Waals surface area contributed by atoms with Gasteiger partial charge in [0.15, 0.2) is 0 Å². The van der Waals surface area contributed by atoms with E-state index in [1.54, 1.807) is 0 Å². The first-order valence-corrected chi connectivity index (χ1v) is 5.72. The van der Waals surface area contributed by atoms with Crippen LogP contribution in [-0.2, 0) is 10.8 Å². The van der Waals surface area contributed by atoms with Gasteiger partial charge in [0.2, 0.25) is 0 Å². The number of nitriles is 1. The van der Waals surface area contributed by atoms with Crippen LogP contribution in [0.4, 0.5) is 0 Å². The molecule has 1 rings (SSSR count). The molecule has 0 aromatic heterocycles. The summed E-state index contributed by atoms with van der Waals surface area (Å²) in [6, 6.07) is 8.56. The Bertz CT molecular complexity index is 390. The van der Waals surface area contributed by atoms with E-state index in [4.69, 9.17) is 0 Å². The molecule has 0 aliphatic carbocycles. The van der Waals surface area contributed by atoms with E-state index in [1.807, 2.05) is 0 Å². The summed E-state index contributed by atoms with van der Waals surface area (Å²) in [5, 5.41) is 9.38. The van der Waals surface area contributed by atoms with Crippen molar-refractivity contribution in [2.45, 2.75) is 52.4 Å². The molecule has 0 aliphatic heterocycles. The highest BCUT2D eigenvalue weighted by molar-refractivity contribution is 5.49. The molecule has 0 fully saturated rings. The van der Waals surface area contributed by atoms with Crippen molar-refractivity contribution in [2.24, 2.45) is 0 Å². The summed E-state index contributed by atoms with van der Waals surface area (Å²) in [7, 11) is 0. The standard InChI is InChI=1S/C15H21N/c1-14(2,3)12-8-7-9-13(11(12)10-16)15(4,5)6/h7-9H,1-6H3. The molecule has 1 nitrogen and oxygen atoms in total. The van der Waals surface area contributed by atoms with Gasteiger partial charge < -0.3 is 0 Å². The molecule has 0 bridgehead atoms.